The molecule has 0 amide bonds. The molecule has 0 N–H and O–H groups in total. The van der Waals surface area contributed by atoms with Crippen molar-refractivity contribution in [2.24, 2.45) is 0 Å². The van der Waals surface area contributed by atoms with E-state index in [1.807, 2.05) is 26.0 Å². The van der Waals surface area contributed by atoms with Gasteiger partial charge in [0.2, 0.25) is 5.92 Å². The van der Waals surface area contributed by atoms with Crippen LogP contribution in [0.5, 0.6) is 0 Å². The van der Waals surface area contributed by atoms with E-state index in [2.05, 4.69) is 6.07 Å². The zero-order valence-corrected chi connectivity index (χ0v) is 8.48. The molecule has 0 aliphatic heterocycles. The predicted octanol–water partition coefficient (Wildman–Crippen LogP) is 3.82. The fourth-order valence-electron chi connectivity index (χ4n) is 2.16. The lowest BCUT2D eigenvalue weighted by Gasteiger charge is -2.36. The van der Waals surface area contributed by atoms with Crippen molar-refractivity contribution in [2.45, 2.75) is 38.5 Å². The van der Waals surface area contributed by atoms with Gasteiger partial charge in [0.05, 0.1) is 0 Å². The SMILES string of the molecule is Cc1ccc(C2CC(F)(F)C2)c(C)c1. The van der Waals surface area contributed by atoms with Crippen LogP contribution in [-0.4, -0.2) is 5.92 Å². The van der Waals surface area contributed by atoms with Crippen molar-refractivity contribution in [2.75, 3.05) is 0 Å². The number of halogens is 2. The highest BCUT2D eigenvalue weighted by Gasteiger charge is 2.46. The van der Waals surface area contributed by atoms with E-state index in [9.17, 15) is 8.78 Å². The topological polar surface area (TPSA) is 0 Å². The molecule has 76 valence electrons. The third-order valence-electron chi connectivity index (χ3n) is 2.96. The van der Waals surface area contributed by atoms with Crippen LogP contribution in [0, 0.1) is 13.8 Å². The Morgan fingerprint density at radius 1 is 1.21 bits per heavy atom. The van der Waals surface area contributed by atoms with Gasteiger partial charge in [-0.25, -0.2) is 8.78 Å². The summed E-state index contributed by atoms with van der Waals surface area (Å²) in [6, 6.07) is 6.05. The lowest BCUT2D eigenvalue weighted by atomic mass is 9.75. The summed E-state index contributed by atoms with van der Waals surface area (Å²) in [5.41, 5.74) is 3.43. The number of benzene rings is 1. The molecule has 1 aromatic rings. The van der Waals surface area contributed by atoms with Crippen molar-refractivity contribution in [3.8, 4) is 0 Å². The Hall–Kier alpha value is -0.920. The summed E-state index contributed by atoms with van der Waals surface area (Å²) in [5.74, 6) is -2.34. The second-order valence-corrected chi connectivity index (χ2v) is 4.32. The third kappa shape index (κ3) is 1.66. The van der Waals surface area contributed by atoms with Crippen LogP contribution in [0.25, 0.3) is 0 Å². The van der Waals surface area contributed by atoms with Crippen LogP contribution in [0.2, 0.25) is 0 Å². The number of alkyl halides is 2. The van der Waals surface area contributed by atoms with Gasteiger partial charge in [-0.05, 0) is 30.9 Å². The molecule has 1 aliphatic rings. The molecule has 0 radical (unpaired) electrons. The smallest absolute Gasteiger partial charge is 0.207 e. The minimum Gasteiger partial charge on any atom is -0.207 e. The maximum absolute atomic E-state index is 12.7. The second-order valence-electron chi connectivity index (χ2n) is 4.32. The van der Waals surface area contributed by atoms with Crippen LogP contribution in [0.3, 0.4) is 0 Å². The first-order chi connectivity index (χ1) is 6.48. The van der Waals surface area contributed by atoms with Gasteiger partial charge in [-0.3, -0.25) is 0 Å². The molecule has 0 nitrogen and oxygen atoms in total. The van der Waals surface area contributed by atoms with Gasteiger partial charge in [-0.15, -0.1) is 0 Å². The second kappa shape index (κ2) is 3.04. The average Bonchev–Trinajstić information content (AvgIpc) is 2.00. The quantitative estimate of drug-likeness (QED) is 0.640. The fraction of sp³-hybridized carbons (Fsp3) is 0.500. The van der Waals surface area contributed by atoms with Crippen LogP contribution in [0.15, 0.2) is 18.2 Å². The van der Waals surface area contributed by atoms with Gasteiger partial charge in [0, 0.05) is 12.8 Å². The van der Waals surface area contributed by atoms with Gasteiger partial charge in [-0.1, -0.05) is 23.8 Å². The van der Waals surface area contributed by atoms with E-state index in [1.165, 1.54) is 5.56 Å². The molecule has 14 heavy (non-hydrogen) atoms. The van der Waals surface area contributed by atoms with E-state index < -0.39 is 5.92 Å². The molecule has 1 saturated carbocycles. The van der Waals surface area contributed by atoms with Crippen molar-refractivity contribution >= 4 is 0 Å². The first kappa shape index (κ1) is 9.63. The highest BCUT2D eigenvalue weighted by molar-refractivity contribution is 5.34. The van der Waals surface area contributed by atoms with Crippen molar-refractivity contribution in [1.29, 1.82) is 0 Å². The largest absolute Gasteiger partial charge is 0.249 e. The molecule has 0 heterocycles. The molecule has 0 unspecified atom stereocenters. The molecule has 0 atom stereocenters. The minimum absolute atomic E-state index is 0.0247. The van der Waals surface area contributed by atoms with Crippen LogP contribution >= 0.6 is 0 Å². The van der Waals surface area contributed by atoms with E-state index in [-0.39, 0.29) is 18.8 Å². The lowest BCUT2D eigenvalue weighted by molar-refractivity contribution is -0.0868. The van der Waals surface area contributed by atoms with Crippen molar-refractivity contribution < 1.29 is 8.78 Å². The third-order valence-corrected chi connectivity index (χ3v) is 2.96. The molecule has 0 aromatic heterocycles. The summed E-state index contributed by atoms with van der Waals surface area (Å²) in [4.78, 5) is 0. The molecule has 0 saturated heterocycles. The molecule has 1 aliphatic carbocycles. The minimum atomic E-state index is -2.41. The van der Waals surface area contributed by atoms with E-state index in [4.69, 9.17) is 0 Å². The zero-order chi connectivity index (χ0) is 10.3. The summed E-state index contributed by atoms with van der Waals surface area (Å²) in [7, 11) is 0. The van der Waals surface area contributed by atoms with E-state index in [1.54, 1.807) is 0 Å². The van der Waals surface area contributed by atoms with Crippen LogP contribution < -0.4 is 0 Å². The first-order valence-electron chi connectivity index (χ1n) is 4.93. The number of hydrogen-bond acceptors (Lipinski definition) is 0. The normalized spacial score (nSPS) is 20.6. The van der Waals surface area contributed by atoms with Gasteiger partial charge in [0.25, 0.3) is 0 Å². The Morgan fingerprint density at radius 2 is 1.86 bits per heavy atom. The predicted molar refractivity (Wildman–Crippen MR) is 52.8 cm³/mol. The highest BCUT2D eigenvalue weighted by Crippen LogP contribution is 2.48. The summed E-state index contributed by atoms with van der Waals surface area (Å²) in [5, 5.41) is 0. The summed E-state index contributed by atoms with van der Waals surface area (Å²) >= 11 is 0. The van der Waals surface area contributed by atoms with E-state index in [0.29, 0.717) is 0 Å². The Balaban J connectivity index is 2.19. The van der Waals surface area contributed by atoms with Gasteiger partial charge >= 0.3 is 0 Å². The van der Waals surface area contributed by atoms with Gasteiger partial charge in [-0.2, -0.15) is 0 Å². The Bertz CT molecular complexity index is 347. The highest BCUT2D eigenvalue weighted by atomic mass is 19.3. The zero-order valence-electron chi connectivity index (χ0n) is 8.48. The molecule has 2 heteroatoms. The van der Waals surface area contributed by atoms with Crippen molar-refractivity contribution in [3.05, 3.63) is 34.9 Å². The molecule has 2 rings (SSSR count). The molecular formula is C12H14F2. The summed E-state index contributed by atoms with van der Waals surface area (Å²) in [6.45, 7) is 4.02. The number of rotatable bonds is 1. The Morgan fingerprint density at radius 3 is 2.36 bits per heavy atom. The maximum Gasteiger partial charge on any atom is 0.249 e. The van der Waals surface area contributed by atoms with Crippen LogP contribution in [0.1, 0.15) is 35.4 Å². The molecular weight excluding hydrogens is 182 g/mol. The molecule has 0 spiro atoms. The van der Waals surface area contributed by atoms with E-state index >= 15 is 0 Å². The number of hydrogen-bond donors (Lipinski definition) is 0. The lowest BCUT2D eigenvalue weighted by Crippen LogP contribution is -2.33. The van der Waals surface area contributed by atoms with Gasteiger partial charge < -0.3 is 0 Å². The Kier molecular flexibility index (Phi) is 2.09. The van der Waals surface area contributed by atoms with Crippen molar-refractivity contribution in [3.63, 3.8) is 0 Å². The van der Waals surface area contributed by atoms with Crippen LogP contribution in [0.4, 0.5) is 8.78 Å². The van der Waals surface area contributed by atoms with Gasteiger partial charge in [0.15, 0.2) is 0 Å². The first-order valence-corrected chi connectivity index (χ1v) is 4.93. The van der Waals surface area contributed by atoms with Crippen molar-refractivity contribution in [1.82, 2.24) is 0 Å². The van der Waals surface area contributed by atoms with Crippen LogP contribution in [-0.2, 0) is 0 Å². The monoisotopic (exact) mass is 196 g/mol. The molecule has 1 fully saturated rings. The fourth-order valence-corrected chi connectivity index (χ4v) is 2.16. The maximum atomic E-state index is 12.7. The Labute approximate surface area is 82.9 Å². The summed E-state index contributed by atoms with van der Waals surface area (Å²) < 4.78 is 25.4. The number of aryl methyl sites for hydroxylation is 2. The average molecular weight is 196 g/mol. The molecule has 1 aromatic carbocycles. The standard InChI is InChI=1S/C12H14F2/c1-8-3-4-11(9(2)5-8)10-6-12(13,14)7-10/h3-5,10H,6-7H2,1-2H3. The van der Waals surface area contributed by atoms with E-state index in [0.717, 1.165) is 11.1 Å². The molecule has 0 bridgehead atoms. The van der Waals surface area contributed by atoms with Gasteiger partial charge in [0.1, 0.15) is 0 Å². The summed E-state index contributed by atoms with van der Waals surface area (Å²) in [6.07, 6.45) is 0.0494.